The zero-order chi connectivity index (χ0) is 16.0. The molecule has 116 valence electrons. The Morgan fingerprint density at radius 3 is 2.59 bits per heavy atom. The van der Waals surface area contributed by atoms with Crippen LogP contribution in [0.25, 0.3) is 0 Å². The molecular formula is C17H17ClO3Se. The topological polar surface area (TPSA) is 46.5 Å². The first-order chi connectivity index (χ1) is 10.5. The predicted molar refractivity (Wildman–Crippen MR) is 89.0 cm³/mol. The van der Waals surface area contributed by atoms with Gasteiger partial charge in [-0.2, -0.15) is 0 Å². The normalized spacial score (nSPS) is 13.4. The van der Waals surface area contributed by atoms with Crippen molar-refractivity contribution in [3.05, 3.63) is 65.2 Å². The molecule has 22 heavy (non-hydrogen) atoms. The first-order valence-electron chi connectivity index (χ1n) is 6.80. The van der Waals surface area contributed by atoms with E-state index in [1.54, 1.807) is 31.2 Å². The van der Waals surface area contributed by atoms with Gasteiger partial charge in [0, 0.05) is 0 Å². The van der Waals surface area contributed by atoms with Crippen molar-refractivity contribution in [1.29, 1.82) is 0 Å². The van der Waals surface area contributed by atoms with Gasteiger partial charge in [0.05, 0.1) is 0 Å². The summed E-state index contributed by atoms with van der Waals surface area (Å²) in [6.45, 7) is 1.54. The molecular weight excluding hydrogens is 367 g/mol. The summed E-state index contributed by atoms with van der Waals surface area (Å²) >= 11 is 6.00. The average molecular weight is 384 g/mol. The molecule has 0 radical (unpaired) electrons. The number of carbonyl (C=O) groups excluding carboxylic acids is 1. The van der Waals surface area contributed by atoms with Crippen molar-refractivity contribution in [2.24, 2.45) is 0 Å². The number of rotatable bonds is 6. The second-order valence-electron chi connectivity index (χ2n) is 5.11. The quantitative estimate of drug-likeness (QED) is 0.616. The van der Waals surface area contributed by atoms with Crippen LogP contribution in [0.1, 0.15) is 17.3 Å². The van der Waals surface area contributed by atoms with E-state index in [4.69, 9.17) is 16.3 Å². The Bertz CT molecular complexity index is 633. The second kappa shape index (κ2) is 7.80. The van der Waals surface area contributed by atoms with E-state index in [1.165, 1.54) is 4.46 Å². The molecule has 5 heteroatoms. The summed E-state index contributed by atoms with van der Waals surface area (Å²) < 4.78 is 6.72. The van der Waals surface area contributed by atoms with Crippen LogP contribution >= 0.6 is 11.6 Å². The Morgan fingerprint density at radius 2 is 1.95 bits per heavy atom. The molecule has 0 aliphatic carbocycles. The number of esters is 1. The van der Waals surface area contributed by atoms with Crippen molar-refractivity contribution >= 4 is 37.0 Å². The van der Waals surface area contributed by atoms with Crippen molar-refractivity contribution in [2.45, 2.75) is 17.8 Å². The molecule has 0 aliphatic heterocycles. The SMILES string of the molecule is CC(CO)(C[Se]c1ccccc1)OC(=O)c1cccc(Cl)c1. The van der Waals surface area contributed by atoms with Gasteiger partial charge in [-0.25, -0.2) is 0 Å². The first-order valence-corrected chi connectivity index (χ1v) is 9.25. The van der Waals surface area contributed by atoms with Gasteiger partial charge in [-0.15, -0.1) is 0 Å². The molecule has 0 amide bonds. The number of benzene rings is 2. The van der Waals surface area contributed by atoms with Crippen LogP contribution in [0.4, 0.5) is 0 Å². The Balaban J connectivity index is 2.02. The monoisotopic (exact) mass is 384 g/mol. The van der Waals surface area contributed by atoms with Crippen molar-refractivity contribution < 1.29 is 14.6 Å². The number of hydrogen-bond donors (Lipinski definition) is 1. The molecule has 0 spiro atoms. The minimum atomic E-state index is -0.894. The molecule has 2 aromatic carbocycles. The van der Waals surface area contributed by atoms with E-state index in [-0.39, 0.29) is 21.6 Å². The van der Waals surface area contributed by atoms with Crippen LogP contribution in [-0.2, 0) is 4.74 Å². The fourth-order valence-electron chi connectivity index (χ4n) is 1.76. The summed E-state index contributed by atoms with van der Waals surface area (Å²) in [6.07, 6.45) is 0. The van der Waals surface area contributed by atoms with Gasteiger partial charge in [-0.05, 0) is 0 Å². The Morgan fingerprint density at radius 1 is 1.23 bits per heavy atom. The molecule has 2 rings (SSSR count). The van der Waals surface area contributed by atoms with Gasteiger partial charge >= 0.3 is 141 Å². The fourth-order valence-corrected chi connectivity index (χ4v) is 3.99. The van der Waals surface area contributed by atoms with Crippen LogP contribution in [0.15, 0.2) is 54.6 Å². The standard InChI is InChI=1S/C17H17ClO3Se/c1-17(11-19,12-22-15-8-3-2-4-9-15)21-16(20)13-6-5-7-14(18)10-13/h2-10,19H,11-12H2,1H3. The van der Waals surface area contributed by atoms with Crippen molar-refractivity contribution in [3.63, 3.8) is 0 Å². The summed E-state index contributed by atoms with van der Waals surface area (Å²) in [5.41, 5.74) is -0.505. The van der Waals surface area contributed by atoms with Gasteiger partial charge in [0.15, 0.2) is 0 Å². The molecule has 1 atom stereocenters. The zero-order valence-corrected chi connectivity index (χ0v) is 14.6. The second-order valence-corrected chi connectivity index (χ2v) is 7.75. The predicted octanol–water partition coefficient (Wildman–Crippen LogP) is 2.70. The number of hydrogen-bond acceptors (Lipinski definition) is 3. The molecule has 0 saturated carbocycles. The van der Waals surface area contributed by atoms with Gasteiger partial charge in [0.2, 0.25) is 0 Å². The van der Waals surface area contributed by atoms with Crippen LogP contribution in [-0.4, -0.2) is 38.2 Å². The number of ether oxygens (including phenoxy) is 1. The summed E-state index contributed by atoms with van der Waals surface area (Å²) in [6, 6.07) is 16.6. The van der Waals surface area contributed by atoms with E-state index < -0.39 is 11.6 Å². The van der Waals surface area contributed by atoms with E-state index in [0.717, 1.165) is 0 Å². The van der Waals surface area contributed by atoms with E-state index in [1.807, 2.05) is 30.3 Å². The number of aliphatic hydroxyl groups excluding tert-OH is 1. The van der Waals surface area contributed by atoms with Crippen molar-refractivity contribution in [2.75, 3.05) is 6.61 Å². The number of aliphatic hydroxyl groups is 1. The van der Waals surface area contributed by atoms with E-state index in [2.05, 4.69) is 0 Å². The molecule has 0 aromatic heterocycles. The van der Waals surface area contributed by atoms with Crippen LogP contribution in [0.5, 0.6) is 0 Å². The van der Waals surface area contributed by atoms with Crippen LogP contribution in [0.2, 0.25) is 10.3 Å². The van der Waals surface area contributed by atoms with Crippen molar-refractivity contribution in [1.82, 2.24) is 0 Å². The third kappa shape index (κ3) is 4.85. The number of carbonyl (C=O) groups is 1. The minimum absolute atomic E-state index is 0.118. The molecule has 3 nitrogen and oxygen atoms in total. The third-order valence-electron chi connectivity index (χ3n) is 3.02. The van der Waals surface area contributed by atoms with Gasteiger partial charge in [-0.3, -0.25) is 0 Å². The van der Waals surface area contributed by atoms with Crippen LogP contribution < -0.4 is 4.46 Å². The molecule has 0 heterocycles. The molecule has 1 N–H and O–H groups in total. The maximum atomic E-state index is 12.2. The molecule has 0 bridgehead atoms. The summed E-state index contributed by atoms with van der Waals surface area (Å²) in [5, 5.41) is 10.7. The van der Waals surface area contributed by atoms with Crippen molar-refractivity contribution in [3.8, 4) is 0 Å². The Labute approximate surface area is 141 Å². The first kappa shape index (κ1) is 17.0. The zero-order valence-electron chi connectivity index (χ0n) is 12.2. The molecule has 0 saturated heterocycles. The molecule has 2 aromatic rings. The Hall–Kier alpha value is -1.32. The van der Waals surface area contributed by atoms with Gasteiger partial charge in [-0.1, -0.05) is 0 Å². The molecule has 0 aliphatic rings. The summed E-state index contributed by atoms with van der Waals surface area (Å²) in [5.74, 6) is -0.470. The molecule has 1 unspecified atom stereocenters. The average Bonchev–Trinajstić information content (AvgIpc) is 2.54. The summed E-state index contributed by atoms with van der Waals surface area (Å²) in [7, 11) is 0. The van der Waals surface area contributed by atoms with Gasteiger partial charge < -0.3 is 0 Å². The Kier molecular flexibility index (Phi) is 6.04. The van der Waals surface area contributed by atoms with Crippen LogP contribution in [0, 0.1) is 0 Å². The van der Waals surface area contributed by atoms with E-state index in [9.17, 15) is 9.90 Å². The van der Waals surface area contributed by atoms with E-state index in [0.29, 0.717) is 15.9 Å². The summed E-state index contributed by atoms with van der Waals surface area (Å²) in [4.78, 5) is 12.2. The van der Waals surface area contributed by atoms with E-state index >= 15 is 0 Å². The molecule has 0 fully saturated rings. The number of halogens is 1. The van der Waals surface area contributed by atoms with Crippen LogP contribution in [0.3, 0.4) is 0 Å². The third-order valence-corrected chi connectivity index (χ3v) is 6.11. The maximum absolute atomic E-state index is 12.2. The van der Waals surface area contributed by atoms with Gasteiger partial charge in [0.25, 0.3) is 0 Å². The van der Waals surface area contributed by atoms with Gasteiger partial charge in [0.1, 0.15) is 0 Å². The fraction of sp³-hybridized carbons (Fsp3) is 0.235.